The zero-order chi connectivity index (χ0) is 32.1. The summed E-state index contributed by atoms with van der Waals surface area (Å²) in [5, 5.41) is 21.3. The highest BCUT2D eigenvalue weighted by Crippen LogP contribution is 2.34. The molecule has 1 fully saturated rings. The van der Waals surface area contributed by atoms with Crippen LogP contribution < -0.4 is 0 Å². The van der Waals surface area contributed by atoms with Crippen molar-refractivity contribution in [1.82, 2.24) is 9.80 Å². The third-order valence-electron chi connectivity index (χ3n) is 8.75. The molecule has 0 saturated carbocycles. The van der Waals surface area contributed by atoms with Crippen molar-refractivity contribution in [3.05, 3.63) is 111 Å². The molecule has 4 aromatic carbocycles. The molecule has 1 heterocycles. The van der Waals surface area contributed by atoms with E-state index >= 15 is 0 Å². The van der Waals surface area contributed by atoms with E-state index in [1.165, 1.54) is 5.56 Å². The summed E-state index contributed by atoms with van der Waals surface area (Å²) in [6.07, 6.45) is 4.55. The summed E-state index contributed by atoms with van der Waals surface area (Å²) in [4.78, 5) is 19.0. The van der Waals surface area contributed by atoms with Crippen molar-refractivity contribution in [3.63, 3.8) is 0 Å². The van der Waals surface area contributed by atoms with Gasteiger partial charge in [0.05, 0.1) is 44.1 Å². The van der Waals surface area contributed by atoms with Gasteiger partial charge in [0.25, 0.3) is 5.91 Å². The van der Waals surface area contributed by atoms with Crippen molar-refractivity contribution in [3.8, 4) is 12.1 Å². The van der Waals surface area contributed by atoms with E-state index in [1.54, 1.807) is 54.6 Å². The molecule has 4 aromatic rings. The van der Waals surface area contributed by atoms with Crippen LogP contribution >= 0.6 is 23.2 Å². The Kier molecular flexibility index (Phi) is 10.6. The molecule has 0 aromatic heterocycles. The summed E-state index contributed by atoms with van der Waals surface area (Å²) in [5.41, 5.74) is 3.47. The third-order valence-corrected chi connectivity index (χ3v) is 10.5. The number of likely N-dealkylation sites (tertiary alicyclic amines) is 1. The summed E-state index contributed by atoms with van der Waals surface area (Å²) in [5.74, 6) is 0.184. The standard InChI is InChI=1S/C36H34Cl2N4O2S/c1-41(36(43)32-19-25(22-40)18-29-17-24(21-39)7-9-30(29)32)23-28(27-8-10-33(37)34(38)20-27)13-16-42-14-11-26(12-15-42)31-5-3-4-6-35(31)45(2)44/h3-10,17-20,26,28H,11-16,23H2,1-2H3/t28-,45?/m1/s1. The normalized spacial score (nSPS) is 15.2. The van der Waals surface area contributed by atoms with Crippen LogP contribution in [0.15, 0.2) is 77.7 Å². The maximum absolute atomic E-state index is 13.9. The minimum Gasteiger partial charge on any atom is -0.341 e. The first-order valence-electron chi connectivity index (χ1n) is 14.9. The first-order valence-corrected chi connectivity index (χ1v) is 17.2. The number of nitriles is 2. The quantitative estimate of drug-likeness (QED) is 0.184. The first kappa shape index (κ1) is 32.7. The van der Waals surface area contributed by atoms with Crippen molar-refractivity contribution < 1.29 is 9.00 Å². The molecule has 0 aliphatic carbocycles. The van der Waals surface area contributed by atoms with Crippen LogP contribution in [0.3, 0.4) is 0 Å². The molecule has 0 radical (unpaired) electrons. The number of halogens is 2. The molecule has 5 rings (SSSR count). The number of fused-ring (bicyclic) bond motifs is 1. The predicted octanol–water partition coefficient (Wildman–Crippen LogP) is 7.75. The van der Waals surface area contributed by atoms with Gasteiger partial charge in [-0.25, -0.2) is 0 Å². The molecule has 9 heteroatoms. The van der Waals surface area contributed by atoms with Crippen LogP contribution in [0.1, 0.15) is 63.7 Å². The Morgan fingerprint density at radius 2 is 1.69 bits per heavy atom. The van der Waals surface area contributed by atoms with Gasteiger partial charge in [0, 0.05) is 36.2 Å². The van der Waals surface area contributed by atoms with E-state index in [2.05, 4.69) is 23.1 Å². The molecular formula is C36H34Cl2N4O2S. The van der Waals surface area contributed by atoms with Gasteiger partial charge >= 0.3 is 0 Å². The minimum atomic E-state index is -1.02. The summed E-state index contributed by atoms with van der Waals surface area (Å²) in [7, 11) is 0.764. The van der Waals surface area contributed by atoms with Gasteiger partial charge in [-0.15, -0.1) is 0 Å². The van der Waals surface area contributed by atoms with Crippen molar-refractivity contribution in [2.45, 2.75) is 36.0 Å². The van der Waals surface area contributed by atoms with Gasteiger partial charge in [-0.05, 0) is 109 Å². The lowest BCUT2D eigenvalue weighted by atomic mass is 9.88. The lowest BCUT2D eigenvalue weighted by Gasteiger charge is -2.34. The van der Waals surface area contributed by atoms with Crippen LogP contribution in [0.5, 0.6) is 0 Å². The van der Waals surface area contributed by atoms with E-state index < -0.39 is 10.8 Å². The fourth-order valence-corrected chi connectivity index (χ4v) is 7.46. The SMILES string of the molecule is CN(C[C@@H](CCN1CCC(c2ccccc2S(C)=O)CC1)c1ccc(Cl)c(Cl)c1)C(=O)c1cc(C#N)cc2cc(C#N)ccc12. The number of hydrogen-bond acceptors (Lipinski definition) is 5. The maximum atomic E-state index is 13.9. The Balaban J connectivity index is 1.33. The number of rotatable bonds is 9. The summed E-state index contributed by atoms with van der Waals surface area (Å²) < 4.78 is 12.3. The predicted molar refractivity (Wildman–Crippen MR) is 181 cm³/mol. The van der Waals surface area contributed by atoms with Crippen LogP contribution in [0.4, 0.5) is 0 Å². The highest BCUT2D eigenvalue weighted by atomic mass is 35.5. The van der Waals surface area contributed by atoms with Gasteiger partial charge in [-0.2, -0.15) is 10.5 Å². The third kappa shape index (κ3) is 7.57. The van der Waals surface area contributed by atoms with E-state index in [9.17, 15) is 19.5 Å². The number of piperidine rings is 1. The van der Waals surface area contributed by atoms with Gasteiger partial charge in [0.1, 0.15) is 0 Å². The maximum Gasteiger partial charge on any atom is 0.254 e. The molecule has 1 saturated heterocycles. The Morgan fingerprint density at radius 3 is 2.38 bits per heavy atom. The van der Waals surface area contributed by atoms with Crippen molar-refractivity contribution >= 4 is 50.7 Å². The van der Waals surface area contributed by atoms with E-state index in [4.69, 9.17) is 23.2 Å². The number of amides is 1. The topological polar surface area (TPSA) is 88.2 Å². The monoisotopic (exact) mass is 656 g/mol. The van der Waals surface area contributed by atoms with E-state index in [0.717, 1.165) is 49.4 Å². The lowest BCUT2D eigenvalue weighted by molar-refractivity contribution is 0.0783. The van der Waals surface area contributed by atoms with Gasteiger partial charge in [-0.1, -0.05) is 53.5 Å². The minimum absolute atomic E-state index is 0.00900. The summed E-state index contributed by atoms with van der Waals surface area (Å²) in [6, 6.07) is 26.5. The van der Waals surface area contributed by atoms with Crippen LogP contribution in [0, 0.1) is 22.7 Å². The average Bonchev–Trinajstić information content (AvgIpc) is 3.06. The first-order chi connectivity index (χ1) is 21.7. The molecule has 0 bridgehead atoms. The molecule has 1 aliphatic heterocycles. The van der Waals surface area contributed by atoms with Crippen LogP contribution in [0.2, 0.25) is 10.0 Å². The second-order valence-electron chi connectivity index (χ2n) is 11.6. The number of likely N-dealkylation sites (N-methyl/N-ethyl adjacent to an activating group) is 1. The number of hydrogen-bond donors (Lipinski definition) is 0. The van der Waals surface area contributed by atoms with Crippen LogP contribution in [0.25, 0.3) is 10.8 Å². The molecule has 2 atom stereocenters. The molecule has 45 heavy (non-hydrogen) atoms. The smallest absolute Gasteiger partial charge is 0.254 e. The average molecular weight is 658 g/mol. The molecule has 230 valence electrons. The van der Waals surface area contributed by atoms with Crippen molar-refractivity contribution in [2.24, 2.45) is 0 Å². The number of carbonyl (C=O) groups excluding carboxylic acids is 1. The molecular weight excluding hydrogens is 623 g/mol. The van der Waals surface area contributed by atoms with Crippen molar-refractivity contribution in [2.75, 3.05) is 39.5 Å². The number of carbonyl (C=O) groups is 1. The zero-order valence-electron chi connectivity index (χ0n) is 25.3. The Bertz CT molecular complexity index is 1830. The number of benzene rings is 4. The molecule has 1 aliphatic rings. The zero-order valence-corrected chi connectivity index (χ0v) is 27.6. The largest absolute Gasteiger partial charge is 0.341 e. The Morgan fingerprint density at radius 1 is 0.978 bits per heavy atom. The molecule has 0 spiro atoms. The second-order valence-corrected chi connectivity index (χ2v) is 13.8. The molecule has 0 N–H and O–H groups in total. The second kappa shape index (κ2) is 14.6. The highest BCUT2D eigenvalue weighted by molar-refractivity contribution is 7.84. The van der Waals surface area contributed by atoms with Gasteiger partial charge in [0.15, 0.2) is 0 Å². The van der Waals surface area contributed by atoms with Crippen LogP contribution in [-0.2, 0) is 10.8 Å². The van der Waals surface area contributed by atoms with E-state index in [0.29, 0.717) is 50.0 Å². The molecule has 1 unspecified atom stereocenters. The Labute approximate surface area is 277 Å². The summed E-state index contributed by atoms with van der Waals surface area (Å²) in [6.45, 7) is 3.17. The fraction of sp³-hybridized carbons (Fsp3) is 0.306. The van der Waals surface area contributed by atoms with Crippen LogP contribution in [-0.4, -0.2) is 59.4 Å². The van der Waals surface area contributed by atoms with E-state index in [-0.39, 0.29) is 11.8 Å². The van der Waals surface area contributed by atoms with Gasteiger partial charge < -0.3 is 9.80 Å². The summed E-state index contributed by atoms with van der Waals surface area (Å²) >= 11 is 12.7. The lowest BCUT2D eigenvalue weighted by Crippen LogP contribution is -2.36. The van der Waals surface area contributed by atoms with Gasteiger partial charge in [0.2, 0.25) is 0 Å². The fourth-order valence-electron chi connectivity index (χ4n) is 6.32. The number of nitrogens with zero attached hydrogens (tertiary/aromatic N) is 4. The Hall–Kier alpha value is -3.72. The van der Waals surface area contributed by atoms with Crippen molar-refractivity contribution in [1.29, 1.82) is 10.5 Å². The van der Waals surface area contributed by atoms with E-state index in [1.807, 2.05) is 30.3 Å². The highest BCUT2D eigenvalue weighted by Gasteiger charge is 2.26. The molecule has 1 amide bonds. The van der Waals surface area contributed by atoms with Gasteiger partial charge in [-0.3, -0.25) is 9.00 Å². The molecule has 6 nitrogen and oxygen atoms in total.